The van der Waals surface area contributed by atoms with E-state index in [-0.39, 0.29) is 6.04 Å². The van der Waals surface area contributed by atoms with E-state index in [1.54, 1.807) is 0 Å². The highest BCUT2D eigenvalue weighted by Crippen LogP contribution is 2.10. The number of hydrogen-bond donors (Lipinski definition) is 1. The predicted molar refractivity (Wildman–Crippen MR) is 65.3 cm³/mol. The predicted octanol–water partition coefficient (Wildman–Crippen LogP) is 2.70. The quantitative estimate of drug-likeness (QED) is 0.851. The van der Waals surface area contributed by atoms with Gasteiger partial charge in [0.1, 0.15) is 11.5 Å². The van der Waals surface area contributed by atoms with Crippen molar-refractivity contribution in [3.8, 4) is 0 Å². The molecule has 0 aliphatic carbocycles. The Morgan fingerprint density at radius 2 is 1.81 bits per heavy atom. The Hall–Kier alpha value is -1.54. The van der Waals surface area contributed by atoms with Crippen LogP contribution in [0.2, 0.25) is 0 Å². The highest BCUT2D eigenvalue weighted by atomic mass is 16.3. The SMILES string of the molecule is Cc1ccc(CC(N)Cc2ccccc2)o1. The van der Waals surface area contributed by atoms with Crippen molar-refractivity contribution in [1.29, 1.82) is 0 Å². The van der Waals surface area contributed by atoms with Crippen molar-refractivity contribution in [3.63, 3.8) is 0 Å². The second-order valence-electron chi connectivity index (χ2n) is 4.17. The molecular weight excluding hydrogens is 198 g/mol. The molecule has 2 N–H and O–H groups in total. The first-order valence-corrected chi connectivity index (χ1v) is 5.59. The maximum atomic E-state index is 6.09. The summed E-state index contributed by atoms with van der Waals surface area (Å²) in [5.74, 6) is 1.92. The molecule has 0 saturated heterocycles. The van der Waals surface area contributed by atoms with Gasteiger partial charge in [0.05, 0.1) is 0 Å². The van der Waals surface area contributed by atoms with Gasteiger partial charge in [0.2, 0.25) is 0 Å². The molecule has 0 fully saturated rings. The molecule has 0 saturated carbocycles. The summed E-state index contributed by atoms with van der Waals surface area (Å²) in [5, 5.41) is 0. The molecule has 1 unspecified atom stereocenters. The molecule has 1 atom stereocenters. The molecule has 0 radical (unpaired) electrons. The third-order valence-electron chi connectivity index (χ3n) is 2.60. The fraction of sp³-hybridized carbons (Fsp3) is 0.286. The van der Waals surface area contributed by atoms with Crippen LogP contribution in [0.5, 0.6) is 0 Å². The average molecular weight is 215 g/mol. The van der Waals surface area contributed by atoms with E-state index in [4.69, 9.17) is 10.2 Å². The molecule has 2 rings (SSSR count). The second-order valence-corrected chi connectivity index (χ2v) is 4.17. The lowest BCUT2D eigenvalue weighted by atomic mass is 10.0. The summed E-state index contributed by atoms with van der Waals surface area (Å²) >= 11 is 0. The van der Waals surface area contributed by atoms with E-state index < -0.39 is 0 Å². The lowest BCUT2D eigenvalue weighted by Crippen LogP contribution is -2.25. The van der Waals surface area contributed by atoms with Gasteiger partial charge in [-0.1, -0.05) is 30.3 Å². The molecule has 2 nitrogen and oxygen atoms in total. The van der Waals surface area contributed by atoms with E-state index in [0.717, 1.165) is 24.4 Å². The van der Waals surface area contributed by atoms with Crippen LogP contribution >= 0.6 is 0 Å². The summed E-state index contributed by atoms with van der Waals surface area (Å²) in [6.07, 6.45) is 1.68. The Balaban J connectivity index is 1.92. The first-order valence-electron chi connectivity index (χ1n) is 5.59. The van der Waals surface area contributed by atoms with Crippen LogP contribution < -0.4 is 5.73 Å². The van der Waals surface area contributed by atoms with Crippen LogP contribution in [0.1, 0.15) is 17.1 Å². The van der Waals surface area contributed by atoms with Crippen molar-refractivity contribution in [2.45, 2.75) is 25.8 Å². The zero-order valence-corrected chi connectivity index (χ0v) is 9.52. The van der Waals surface area contributed by atoms with Gasteiger partial charge in [0.15, 0.2) is 0 Å². The fourth-order valence-corrected chi connectivity index (χ4v) is 1.84. The van der Waals surface area contributed by atoms with E-state index in [9.17, 15) is 0 Å². The Morgan fingerprint density at radius 3 is 2.44 bits per heavy atom. The first-order chi connectivity index (χ1) is 7.74. The Morgan fingerprint density at radius 1 is 1.06 bits per heavy atom. The molecule has 0 amide bonds. The topological polar surface area (TPSA) is 39.2 Å². The average Bonchev–Trinajstić information content (AvgIpc) is 2.65. The largest absolute Gasteiger partial charge is 0.466 e. The third kappa shape index (κ3) is 2.97. The standard InChI is InChI=1S/C14H17NO/c1-11-7-8-14(16-11)10-13(15)9-12-5-3-2-4-6-12/h2-8,13H,9-10,15H2,1H3. The minimum atomic E-state index is 0.118. The summed E-state index contributed by atoms with van der Waals surface area (Å²) in [6.45, 7) is 1.95. The highest BCUT2D eigenvalue weighted by molar-refractivity contribution is 5.16. The summed E-state index contributed by atoms with van der Waals surface area (Å²) < 4.78 is 5.51. The molecular formula is C14H17NO. The molecule has 0 aliphatic heterocycles. The lowest BCUT2D eigenvalue weighted by molar-refractivity contribution is 0.462. The molecule has 1 aromatic heterocycles. The fourth-order valence-electron chi connectivity index (χ4n) is 1.84. The van der Waals surface area contributed by atoms with Crippen LogP contribution in [-0.4, -0.2) is 6.04 Å². The van der Waals surface area contributed by atoms with Crippen LogP contribution in [0.3, 0.4) is 0 Å². The number of benzene rings is 1. The first kappa shape index (κ1) is 11.0. The van der Waals surface area contributed by atoms with Crippen LogP contribution in [0, 0.1) is 6.92 Å². The summed E-state index contributed by atoms with van der Waals surface area (Å²) in [7, 11) is 0. The lowest BCUT2D eigenvalue weighted by Gasteiger charge is -2.09. The zero-order valence-electron chi connectivity index (χ0n) is 9.52. The molecule has 1 aromatic carbocycles. The van der Waals surface area contributed by atoms with E-state index >= 15 is 0 Å². The van der Waals surface area contributed by atoms with Crippen molar-refractivity contribution in [2.75, 3.05) is 0 Å². The molecule has 84 valence electrons. The van der Waals surface area contributed by atoms with Gasteiger partial charge in [-0.3, -0.25) is 0 Å². The van der Waals surface area contributed by atoms with Gasteiger partial charge in [0, 0.05) is 12.5 Å². The summed E-state index contributed by atoms with van der Waals surface area (Å²) in [4.78, 5) is 0. The number of rotatable bonds is 4. The monoisotopic (exact) mass is 215 g/mol. The minimum Gasteiger partial charge on any atom is -0.466 e. The maximum Gasteiger partial charge on any atom is 0.105 e. The van der Waals surface area contributed by atoms with Gasteiger partial charge in [-0.25, -0.2) is 0 Å². The Labute approximate surface area is 96.1 Å². The molecule has 0 bridgehead atoms. The zero-order chi connectivity index (χ0) is 11.4. The molecule has 16 heavy (non-hydrogen) atoms. The maximum absolute atomic E-state index is 6.09. The number of aryl methyl sites for hydroxylation is 1. The van der Waals surface area contributed by atoms with Crippen molar-refractivity contribution in [3.05, 3.63) is 59.5 Å². The van der Waals surface area contributed by atoms with Crippen molar-refractivity contribution >= 4 is 0 Å². The van der Waals surface area contributed by atoms with Gasteiger partial charge in [0.25, 0.3) is 0 Å². The summed E-state index contributed by atoms with van der Waals surface area (Å²) in [5.41, 5.74) is 7.36. The van der Waals surface area contributed by atoms with Gasteiger partial charge in [-0.15, -0.1) is 0 Å². The molecule has 0 spiro atoms. The highest BCUT2D eigenvalue weighted by Gasteiger charge is 2.07. The smallest absolute Gasteiger partial charge is 0.105 e. The van der Waals surface area contributed by atoms with Crippen LogP contribution in [0.15, 0.2) is 46.9 Å². The third-order valence-corrected chi connectivity index (χ3v) is 2.60. The van der Waals surface area contributed by atoms with Crippen LogP contribution in [-0.2, 0) is 12.8 Å². The van der Waals surface area contributed by atoms with Crippen molar-refractivity contribution < 1.29 is 4.42 Å². The van der Waals surface area contributed by atoms with Gasteiger partial charge < -0.3 is 10.2 Å². The minimum absolute atomic E-state index is 0.118. The molecule has 2 aromatic rings. The van der Waals surface area contributed by atoms with E-state index in [2.05, 4.69) is 12.1 Å². The van der Waals surface area contributed by atoms with Crippen LogP contribution in [0.4, 0.5) is 0 Å². The second kappa shape index (κ2) is 4.99. The number of hydrogen-bond acceptors (Lipinski definition) is 2. The van der Waals surface area contributed by atoms with Gasteiger partial charge in [-0.05, 0) is 31.0 Å². The molecule has 1 heterocycles. The number of furan rings is 1. The van der Waals surface area contributed by atoms with E-state index in [1.807, 2.05) is 37.3 Å². The van der Waals surface area contributed by atoms with E-state index in [1.165, 1.54) is 5.56 Å². The van der Waals surface area contributed by atoms with Crippen molar-refractivity contribution in [2.24, 2.45) is 5.73 Å². The van der Waals surface area contributed by atoms with Crippen LogP contribution in [0.25, 0.3) is 0 Å². The molecule has 0 aliphatic rings. The summed E-state index contributed by atoms with van der Waals surface area (Å²) in [6, 6.07) is 14.4. The van der Waals surface area contributed by atoms with Gasteiger partial charge in [-0.2, -0.15) is 0 Å². The normalized spacial score (nSPS) is 12.6. The van der Waals surface area contributed by atoms with E-state index in [0.29, 0.717) is 0 Å². The van der Waals surface area contributed by atoms with Gasteiger partial charge >= 0.3 is 0 Å². The van der Waals surface area contributed by atoms with Crippen molar-refractivity contribution in [1.82, 2.24) is 0 Å². The molecule has 2 heteroatoms. The Bertz CT molecular complexity index is 433. The number of nitrogens with two attached hydrogens (primary N) is 1. The Kier molecular flexibility index (Phi) is 3.42.